The van der Waals surface area contributed by atoms with Gasteiger partial charge in [0.25, 0.3) is 5.91 Å². The lowest BCUT2D eigenvalue weighted by atomic mass is 9.85. The number of hydrogen-bond acceptors (Lipinski definition) is 4. The lowest BCUT2D eigenvalue weighted by Crippen LogP contribution is -2.42. The molecule has 0 aromatic heterocycles. The number of primary amides is 1. The van der Waals surface area contributed by atoms with Gasteiger partial charge in [-0.15, -0.1) is 0 Å². The molecule has 3 unspecified atom stereocenters. The van der Waals surface area contributed by atoms with Crippen molar-refractivity contribution in [3.63, 3.8) is 0 Å². The summed E-state index contributed by atoms with van der Waals surface area (Å²) in [5, 5.41) is 6.48. The fourth-order valence-corrected chi connectivity index (χ4v) is 3.73. The van der Waals surface area contributed by atoms with E-state index in [1.807, 2.05) is 18.2 Å². The highest BCUT2D eigenvalue weighted by atomic mass is 16.5. The normalized spacial score (nSPS) is 25.8. The molecule has 3 rings (SSSR count). The third kappa shape index (κ3) is 4.26. The molecule has 6 heteroatoms. The Hall–Kier alpha value is -2.08. The maximum atomic E-state index is 12.4. The van der Waals surface area contributed by atoms with E-state index in [1.54, 1.807) is 6.07 Å². The number of carbonyl (C=O) groups is 2. The largest absolute Gasteiger partial charge is 0.484 e. The third-order valence-electron chi connectivity index (χ3n) is 4.93. The van der Waals surface area contributed by atoms with E-state index in [0.717, 1.165) is 12.0 Å². The number of fused-ring (bicyclic) bond motifs is 1. The number of nitrogens with two attached hydrogens (primary N) is 1. The van der Waals surface area contributed by atoms with Gasteiger partial charge in [-0.2, -0.15) is 0 Å². The van der Waals surface area contributed by atoms with Crippen LogP contribution in [0.4, 0.5) is 0 Å². The molecule has 3 atom stereocenters. The van der Waals surface area contributed by atoms with Gasteiger partial charge in [-0.25, -0.2) is 0 Å². The van der Waals surface area contributed by atoms with Crippen LogP contribution in [0, 0.1) is 5.92 Å². The molecule has 1 aromatic carbocycles. The highest BCUT2D eigenvalue weighted by Crippen LogP contribution is 2.33. The summed E-state index contributed by atoms with van der Waals surface area (Å²) in [7, 11) is 0. The molecule has 130 valence electrons. The second-order valence-electron chi connectivity index (χ2n) is 6.73. The standard InChI is InChI=1S/C18H25N3O3/c19-17(22)11-24-14-6-3-4-12(8-14)10-20-18(23)16-9-13-5-1-2-7-15(13)21-16/h3-4,6,8,13,15-16,21H,1-2,5,7,9-11H2,(H2,19,22)(H,20,23). The van der Waals surface area contributed by atoms with Crippen molar-refractivity contribution in [2.24, 2.45) is 11.7 Å². The highest BCUT2D eigenvalue weighted by Gasteiger charge is 2.37. The Morgan fingerprint density at radius 3 is 2.92 bits per heavy atom. The van der Waals surface area contributed by atoms with Gasteiger partial charge in [0.15, 0.2) is 6.61 Å². The van der Waals surface area contributed by atoms with Gasteiger partial charge >= 0.3 is 0 Å². The summed E-state index contributed by atoms with van der Waals surface area (Å²) < 4.78 is 5.28. The first-order valence-corrected chi connectivity index (χ1v) is 8.65. The highest BCUT2D eigenvalue weighted by molar-refractivity contribution is 5.82. The van der Waals surface area contributed by atoms with Gasteiger partial charge in [0.05, 0.1) is 6.04 Å². The van der Waals surface area contributed by atoms with Gasteiger partial charge in [-0.3, -0.25) is 9.59 Å². The molecule has 0 bridgehead atoms. The van der Waals surface area contributed by atoms with Crippen LogP contribution < -0.4 is 21.1 Å². The predicted octanol–water partition coefficient (Wildman–Crippen LogP) is 1.09. The number of amides is 2. The molecule has 1 aliphatic carbocycles. The summed E-state index contributed by atoms with van der Waals surface area (Å²) in [6.45, 7) is 0.296. The summed E-state index contributed by atoms with van der Waals surface area (Å²) in [6, 6.07) is 7.76. The van der Waals surface area contributed by atoms with Gasteiger partial charge in [0, 0.05) is 12.6 Å². The number of rotatable bonds is 6. The lowest BCUT2D eigenvalue weighted by molar-refractivity contribution is -0.123. The van der Waals surface area contributed by atoms with Crippen molar-refractivity contribution in [1.29, 1.82) is 0 Å². The molecule has 24 heavy (non-hydrogen) atoms. The number of nitrogens with one attached hydrogen (secondary N) is 2. The topological polar surface area (TPSA) is 93.5 Å². The Morgan fingerprint density at radius 2 is 2.12 bits per heavy atom. The molecule has 2 aliphatic rings. The minimum atomic E-state index is -0.512. The van der Waals surface area contributed by atoms with Gasteiger partial charge in [0.1, 0.15) is 5.75 Å². The van der Waals surface area contributed by atoms with Gasteiger partial charge in [-0.1, -0.05) is 25.0 Å². The first-order valence-electron chi connectivity index (χ1n) is 8.65. The zero-order valence-corrected chi connectivity index (χ0v) is 13.8. The second-order valence-corrected chi connectivity index (χ2v) is 6.73. The molecule has 2 fully saturated rings. The van der Waals surface area contributed by atoms with E-state index < -0.39 is 5.91 Å². The molecular formula is C18H25N3O3. The number of ether oxygens (including phenoxy) is 1. The lowest BCUT2D eigenvalue weighted by Gasteiger charge is -2.24. The summed E-state index contributed by atoms with van der Waals surface area (Å²) in [6.07, 6.45) is 5.92. The first-order chi connectivity index (χ1) is 11.6. The van der Waals surface area contributed by atoms with E-state index in [-0.39, 0.29) is 18.6 Å². The van der Waals surface area contributed by atoms with Crippen molar-refractivity contribution in [3.8, 4) is 5.75 Å². The second kappa shape index (κ2) is 7.66. The van der Waals surface area contributed by atoms with Crippen LogP contribution in [0.3, 0.4) is 0 Å². The Kier molecular flexibility index (Phi) is 5.35. The minimum absolute atomic E-state index is 0.0628. The maximum Gasteiger partial charge on any atom is 0.255 e. The number of carbonyl (C=O) groups excluding carboxylic acids is 2. The Morgan fingerprint density at radius 1 is 1.29 bits per heavy atom. The van der Waals surface area contributed by atoms with E-state index >= 15 is 0 Å². The van der Waals surface area contributed by atoms with E-state index in [0.29, 0.717) is 24.3 Å². The van der Waals surface area contributed by atoms with Crippen LogP contribution >= 0.6 is 0 Å². The summed E-state index contributed by atoms with van der Waals surface area (Å²) in [4.78, 5) is 23.2. The molecule has 1 aliphatic heterocycles. The average molecular weight is 331 g/mol. The first kappa shape index (κ1) is 16.8. The van der Waals surface area contributed by atoms with Crippen LogP contribution in [0.1, 0.15) is 37.7 Å². The maximum absolute atomic E-state index is 12.4. The fourth-order valence-electron chi connectivity index (χ4n) is 3.73. The van der Waals surface area contributed by atoms with Gasteiger partial charge < -0.3 is 21.1 Å². The van der Waals surface area contributed by atoms with Crippen molar-refractivity contribution in [3.05, 3.63) is 29.8 Å². The monoisotopic (exact) mass is 331 g/mol. The van der Waals surface area contributed by atoms with Crippen LogP contribution in [0.2, 0.25) is 0 Å². The van der Waals surface area contributed by atoms with Gasteiger partial charge in [-0.05, 0) is 42.9 Å². The Bertz CT molecular complexity index is 591. The van der Waals surface area contributed by atoms with Crippen molar-refractivity contribution in [2.75, 3.05) is 6.61 Å². The molecule has 1 saturated carbocycles. The smallest absolute Gasteiger partial charge is 0.255 e. The Balaban J connectivity index is 1.49. The van der Waals surface area contributed by atoms with Crippen LogP contribution in [0.5, 0.6) is 5.75 Å². The number of benzene rings is 1. The quantitative estimate of drug-likeness (QED) is 0.727. The van der Waals surface area contributed by atoms with Crippen LogP contribution in [0.15, 0.2) is 24.3 Å². The minimum Gasteiger partial charge on any atom is -0.484 e. The molecular weight excluding hydrogens is 306 g/mol. The van der Waals surface area contributed by atoms with E-state index in [4.69, 9.17) is 10.5 Å². The molecule has 2 amide bonds. The van der Waals surface area contributed by atoms with Crippen molar-refractivity contribution in [1.82, 2.24) is 10.6 Å². The molecule has 0 radical (unpaired) electrons. The average Bonchev–Trinajstić information content (AvgIpc) is 3.02. The molecule has 1 heterocycles. The molecule has 1 saturated heterocycles. The number of hydrogen-bond donors (Lipinski definition) is 3. The van der Waals surface area contributed by atoms with E-state index in [2.05, 4.69) is 10.6 Å². The van der Waals surface area contributed by atoms with Crippen molar-refractivity contribution in [2.45, 2.75) is 50.7 Å². The van der Waals surface area contributed by atoms with E-state index in [9.17, 15) is 9.59 Å². The Labute approximate surface area is 142 Å². The van der Waals surface area contributed by atoms with Crippen molar-refractivity contribution >= 4 is 11.8 Å². The molecule has 6 nitrogen and oxygen atoms in total. The molecule has 4 N–H and O–H groups in total. The van der Waals surface area contributed by atoms with Crippen LogP contribution in [0.25, 0.3) is 0 Å². The SMILES string of the molecule is NC(=O)COc1cccc(CNC(=O)C2CC3CCCCC3N2)c1. The zero-order chi connectivity index (χ0) is 16.9. The summed E-state index contributed by atoms with van der Waals surface area (Å²) in [5.74, 6) is 0.779. The van der Waals surface area contributed by atoms with Crippen LogP contribution in [-0.4, -0.2) is 30.5 Å². The zero-order valence-electron chi connectivity index (χ0n) is 13.8. The van der Waals surface area contributed by atoms with E-state index in [1.165, 1.54) is 25.7 Å². The van der Waals surface area contributed by atoms with Crippen LogP contribution in [-0.2, 0) is 16.1 Å². The summed E-state index contributed by atoms with van der Waals surface area (Å²) in [5.41, 5.74) is 6.00. The third-order valence-corrected chi connectivity index (χ3v) is 4.93. The summed E-state index contributed by atoms with van der Waals surface area (Å²) >= 11 is 0. The van der Waals surface area contributed by atoms with Gasteiger partial charge in [0.2, 0.25) is 5.91 Å². The molecule has 0 spiro atoms. The fraction of sp³-hybridized carbons (Fsp3) is 0.556. The van der Waals surface area contributed by atoms with Crippen molar-refractivity contribution < 1.29 is 14.3 Å². The molecule has 1 aromatic rings. The predicted molar refractivity (Wildman–Crippen MR) is 90.3 cm³/mol.